The number of benzene rings is 2. The number of aliphatic imine (C=N–C) groups is 1. The van der Waals surface area contributed by atoms with E-state index in [0.717, 1.165) is 37.2 Å². The third-order valence-corrected chi connectivity index (χ3v) is 8.96. The topological polar surface area (TPSA) is 70.1 Å². The summed E-state index contributed by atoms with van der Waals surface area (Å²) in [6.45, 7) is 8.39. The number of anilines is 1. The maximum Gasteiger partial charge on any atom is 0.283 e. The molecule has 1 fully saturated rings. The predicted molar refractivity (Wildman–Crippen MR) is 128 cm³/mol. The Bertz CT molecular complexity index is 1220. The molecule has 0 N–H and O–H groups in total. The number of amides is 1. The second kappa shape index (κ2) is 8.57. The van der Waals surface area contributed by atoms with Crippen molar-refractivity contribution in [3.63, 3.8) is 0 Å². The first-order valence-corrected chi connectivity index (χ1v) is 12.7. The number of nitrogens with zero attached hydrogens (tertiary/aromatic N) is 3. The minimum absolute atomic E-state index is 0.0549. The molecule has 2 aliphatic rings. The lowest BCUT2D eigenvalue weighted by molar-refractivity contribution is -0.119. The van der Waals surface area contributed by atoms with Gasteiger partial charge in [-0.2, -0.15) is 4.31 Å². The highest BCUT2D eigenvalue weighted by molar-refractivity contribution is 8.20. The van der Waals surface area contributed by atoms with Crippen molar-refractivity contribution in [2.45, 2.75) is 23.6 Å². The Kier molecular flexibility index (Phi) is 6.00. The van der Waals surface area contributed by atoms with E-state index in [4.69, 9.17) is 0 Å². The van der Waals surface area contributed by atoms with Gasteiger partial charge in [0.05, 0.1) is 17.1 Å². The molecule has 0 atom stereocenters. The number of carbonyl (C=O) groups is 1. The molecule has 0 aliphatic carbocycles. The zero-order valence-electron chi connectivity index (χ0n) is 17.1. The average molecular weight is 472 g/mol. The fraction of sp³-hybridized carbons (Fsp3) is 0.182. The van der Waals surface area contributed by atoms with E-state index in [-0.39, 0.29) is 16.6 Å². The van der Waals surface area contributed by atoms with Crippen molar-refractivity contribution in [3.05, 3.63) is 76.7 Å². The second-order valence-corrected chi connectivity index (χ2v) is 10.6. The van der Waals surface area contributed by atoms with Crippen molar-refractivity contribution in [2.24, 2.45) is 4.99 Å². The molecule has 1 saturated heterocycles. The summed E-state index contributed by atoms with van der Waals surface area (Å²) >= 11 is 2.57. The number of carbonyl (C=O) groups excluding carboxylic acids is 1. The SMILES string of the molecule is C=CCN=C1S/C(=C2\Sc3ccccc3N2CC)C(=O)N1S(=O)(=O)c1ccc(C)cc1. The van der Waals surface area contributed by atoms with E-state index in [2.05, 4.69) is 11.6 Å². The van der Waals surface area contributed by atoms with Gasteiger partial charge < -0.3 is 4.90 Å². The molecule has 2 aromatic rings. The van der Waals surface area contributed by atoms with Gasteiger partial charge in [-0.25, -0.2) is 8.42 Å². The number of fused-ring (bicyclic) bond motifs is 1. The maximum absolute atomic E-state index is 13.5. The van der Waals surface area contributed by atoms with Crippen molar-refractivity contribution in [1.82, 2.24) is 4.31 Å². The highest BCUT2D eigenvalue weighted by atomic mass is 32.2. The molecule has 2 aromatic carbocycles. The van der Waals surface area contributed by atoms with Crippen LogP contribution in [0.4, 0.5) is 5.69 Å². The number of amidine groups is 1. The summed E-state index contributed by atoms with van der Waals surface area (Å²) in [5.74, 6) is -0.581. The first-order valence-electron chi connectivity index (χ1n) is 9.66. The molecule has 0 unspecified atom stereocenters. The van der Waals surface area contributed by atoms with Crippen LogP contribution in [0.1, 0.15) is 12.5 Å². The highest BCUT2D eigenvalue weighted by Gasteiger charge is 2.45. The lowest BCUT2D eigenvalue weighted by Gasteiger charge is -2.19. The molecule has 0 saturated carbocycles. The van der Waals surface area contributed by atoms with Crippen LogP contribution in [-0.4, -0.2) is 36.9 Å². The number of rotatable bonds is 5. The number of para-hydroxylation sites is 1. The summed E-state index contributed by atoms with van der Waals surface area (Å²) in [7, 11) is -4.10. The summed E-state index contributed by atoms with van der Waals surface area (Å²) in [4.78, 5) is 21.3. The van der Waals surface area contributed by atoms with E-state index < -0.39 is 15.9 Å². The highest BCUT2D eigenvalue weighted by Crippen LogP contribution is 2.51. The molecule has 6 nitrogen and oxygen atoms in total. The molecule has 9 heteroatoms. The Labute approximate surface area is 190 Å². The van der Waals surface area contributed by atoms with E-state index in [1.54, 1.807) is 18.2 Å². The third-order valence-electron chi connectivity index (χ3n) is 4.78. The molecule has 0 aromatic heterocycles. The Balaban J connectivity index is 1.82. The minimum Gasteiger partial charge on any atom is -0.334 e. The van der Waals surface area contributed by atoms with E-state index in [1.807, 2.05) is 43.0 Å². The van der Waals surface area contributed by atoms with Crippen LogP contribution in [0.25, 0.3) is 0 Å². The summed E-state index contributed by atoms with van der Waals surface area (Å²) in [6, 6.07) is 14.3. The zero-order chi connectivity index (χ0) is 22.2. The first-order chi connectivity index (χ1) is 14.9. The molecule has 31 heavy (non-hydrogen) atoms. The van der Waals surface area contributed by atoms with Crippen LogP contribution >= 0.6 is 23.5 Å². The van der Waals surface area contributed by atoms with Gasteiger partial charge in [0.2, 0.25) is 0 Å². The number of sulfonamides is 1. The summed E-state index contributed by atoms with van der Waals surface area (Å²) < 4.78 is 27.6. The van der Waals surface area contributed by atoms with Crippen molar-refractivity contribution < 1.29 is 13.2 Å². The lowest BCUT2D eigenvalue weighted by Crippen LogP contribution is -2.36. The maximum atomic E-state index is 13.5. The molecule has 0 bridgehead atoms. The number of hydrogen-bond acceptors (Lipinski definition) is 7. The van der Waals surface area contributed by atoms with Crippen molar-refractivity contribution in [3.8, 4) is 0 Å². The fourth-order valence-electron chi connectivity index (χ4n) is 3.28. The van der Waals surface area contributed by atoms with E-state index in [1.165, 1.54) is 23.9 Å². The van der Waals surface area contributed by atoms with Crippen LogP contribution in [0.2, 0.25) is 0 Å². The minimum atomic E-state index is -4.10. The molecular formula is C22H21N3O3S3. The van der Waals surface area contributed by atoms with Gasteiger partial charge in [-0.15, -0.1) is 6.58 Å². The predicted octanol–water partition coefficient (Wildman–Crippen LogP) is 4.60. The van der Waals surface area contributed by atoms with Crippen molar-refractivity contribution in [2.75, 3.05) is 18.0 Å². The summed E-state index contributed by atoms with van der Waals surface area (Å²) in [6.07, 6.45) is 1.57. The number of thioether (sulfide) groups is 2. The van der Waals surface area contributed by atoms with Crippen LogP contribution in [0.15, 0.2) is 85.9 Å². The smallest absolute Gasteiger partial charge is 0.283 e. The average Bonchev–Trinajstić information content (AvgIpc) is 3.29. The molecule has 0 spiro atoms. The van der Waals surface area contributed by atoms with Gasteiger partial charge in [0.1, 0.15) is 9.93 Å². The molecular weight excluding hydrogens is 450 g/mol. The van der Waals surface area contributed by atoms with Gasteiger partial charge in [0.15, 0.2) is 5.17 Å². The van der Waals surface area contributed by atoms with Gasteiger partial charge in [-0.1, -0.05) is 47.7 Å². The second-order valence-electron chi connectivity index (χ2n) is 6.85. The Morgan fingerprint density at radius 1 is 1.10 bits per heavy atom. The number of aryl methyl sites for hydroxylation is 1. The van der Waals surface area contributed by atoms with Gasteiger partial charge in [0, 0.05) is 11.4 Å². The van der Waals surface area contributed by atoms with Crippen LogP contribution in [0, 0.1) is 6.92 Å². The summed E-state index contributed by atoms with van der Waals surface area (Å²) in [5.41, 5.74) is 1.94. The van der Waals surface area contributed by atoms with Crippen LogP contribution in [0.3, 0.4) is 0 Å². The Hall–Kier alpha value is -2.49. The largest absolute Gasteiger partial charge is 0.334 e. The quantitative estimate of drug-likeness (QED) is 0.469. The van der Waals surface area contributed by atoms with Gasteiger partial charge >= 0.3 is 0 Å². The monoisotopic (exact) mass is 471 g/mol. The van der Waals surface area contributed by atoms with Crippen LogP contribution in [-0.2, 0) is 14.8 Å². The Morgan fingerprint density at radius 2 is 1.81 bits per heavy atom. The first kappa shape index (κ1) is 21.7. The normalized spacial score (nSPS) is 19.9. The number of hydrogen-bond donors (Lipinski definition) is 0. The van der Waals surface area contributed by atoms with Crippen LogP contribution < -0.4 is 4.90 Å². The third kappa shape index (κ3) is 3.81. The molecule has 1 amide bonds. The molecule has 2 heterocycles. The van der Waals surface area contributed by atoms with E-state index in [9.17, 15) is 13.2 Å². The van der Waals surface area contributed by atoms with Crippen molar-refractivity contribution >= 4 is 50.3 Å². The van der Waals surface area contributed by atoms with Crippen LogP contribution in [0.5, 0.6) is 0 Å². The van der Waals surface area contributed by atoms with E-state index in [0.29, 0.717) is 11.4 Å². The molecule has 0 radical (unpaired) electrons. The van der Waals surface area contributed by atoms with Crippen molar-refractivity contribution in [1.29, 1.82) is 0 Å². The molecule has 160 valence electrons. The van der Waals surface area contributed by atoms with E-state index >= 15 is 0 Å². The zero-order valence-corrected chi connectivity index (χ0v) is 19.6. The fourth-order valence-corrected chi connectivity index (χ4v) is 7.27. The standard InChI is InChI=1S/C22H21N3O3S3/c1-4-14-23-22-25(31(27,28)16-12-10-15(3)11-13-16)20(26)19(30-22)21-24(5-2)17-8-6-7-9-18(17)29-21/h4,6-13H,1,5,14H2,2-3H3/b21-19-,23-22?. The van der Waals surface area contributed by atoms with Gasteiger partial charge in [-0.05, 0) is 49.9 Å². The van der Waals surface area contributed by atoms with Gasteiger partial charge in [-0.3, -0.25) is 9.79 Å². The molecule has 2 aliphatic heterocycles. The molecule has 4 rings (SSSR count). The lowest BCUT2D eigenvalue weighted by atomic mass is 10.2. The summed E-state index contributed by atoms with van der Waals surface area (Å²) in [5, 5.41) is 0.868. The van der Waals surface area contributed by atoms with Gasteiger partial charge in [0.25, 0.3) is 15.9 Å². The Morgan fingerprint density at radius 3 is 2.48 bits per heavy atom.